The summed E-state index contributed by atoms with van der Waals surface area (Å²) in [6.45, 7) is 6.80. The quantitative estimate of drug-likeness (QED) is 0.606. The van der Waals surface area contributed by atoms with Gasteiger partial charge < -0.3 is 9.66 Å². The molecule has 3 rings (SSSR count). The van der Waals surface area contributed by atoms with Crippen LogP contribution in [0.3, 0.4) is 0 Å². The van der Waals surface area contributed by atoms with Crippen LogP contribution in [0.5, 0.6) is 0 Å². The number of benzene rings is 1. The van der Waals surface area contributed by atoms with Gasteiger partial charge in [-0.25, -0.2) is 8.78 Å². The standard InChI is InChI=1S/C21H26F2N2O3S2/c1-11(2)14-7-13(22)8-15(12-5-6-12)16(14)9-19(26)25(30(24)28)20-17(23)10-18(29-20)21(3,4)27/h7-8,10-12,27H,5-6,9,24H2,1-4H3. The molecule has 2 aromatic rings. The molecule has 164 valence electrons. The molecular weight excluding hydrogens is 430 g/mol. The van der Waals surface area contributed by atoms with E-state index in [1.807, 2.05) is 13.8 Å². The second-order valence-electron chi connectivity index (χ2n) is 8.46. The summed E-state index contributed by atoms with van der Waals surface area (Å²) in [5, 5.41) is 15.5. The molecule has 1 amide bonds. The molecule has 1 aliphatic rings. The monoisotopic (exact) mass is 456 g/mol. The van der Waals surface area contributed by atoms with Crippen molar-refractivity contribution in [2.24, 2.45) is 5.14 Å². The Morgan fingerprint density at radius 2 is 2.00 bits per heavy atom. The van der Waals surface area contributed by atoms with Crippen LogP contribution >= 0.6 is 11.3 Å². The van der Waals surface area contributed by atoms with Crippen molar-refractivity contribution in [1.82, 2.24) is 0 Å². The summed E-state index contributed by atoms with van der Waals surface area (Å²) < 4.78 is 41.7. The highest BCUT2D eigenvalue weighted by Crippen LogP contribution is 2.44. The van der Waals surface area contributed by atoms with Crippen LogP contribution in [0.1, 0.15) is 73.9 Å². The molecule has 0 bridgehead atoms. The molecule has 0 saturated heterocycles. The number of rotatable bonds is 7. The van der Waals surface area contributed by atoms with E-state index >= 15 is 0 Å². The van der Waals surface area contributed by atoms with Gasteiger partial charge in [0.15, 0.2) is 22.4 Å². The minimum absolute atomic E-state index is 0.0295. The van der Waals surface area contributed by atoms with Gasteiger partial charge in [0.05, 0.1) is 12.0 Å². The Morgan fingerprint density at radius 1 is 1.37 bits per heavy atom. The molecule has 1 aromatic heterocycles. The average molecular weight is 457 g/mol. The van der Waals surface area contributed by atoms with Crippen LogP contribution in [0.25, 0.3) is 0 Å². The maximum atomic E-state index is 14.6. The van der Waals surface area contributed by atoms with Crippen LogP contribution in [-0.2, 0) is 28.4 Å². The molecule has 0 spiro atoms. The maximum Gasteiger partial charge on any atom is 0.277 e. The van der Waals surface area contributed by atoms with Crippen LogP contribution in [0, 0.1) is 11.6 Å². The van der Waals surface area contributed by atoms with Gasteiger partial charge >= 0.3 is 0 Å². The molecular formula is C21H26F2N2O3S2. The molecule has 30 heavy (non-hydrogen) atoms. The van der Waals surface area contributed by atoms with Crippen molar-refractivity contribution in [3.8, 4) is 0 Å². The number of carbonyl (C=O) groups excluding carboxylic acids is 1. The molecule has 0 radical (unpaired) electrons. The van der Waals surface area contributed by atoms with Gasteiger partial charge in [0.2, 0.25) is 0 Å². The van der Waals surface area contributed by atoms with Crippen molar-refractivity contribution in [3.05, 3.63) is 51.4 Å². The van der Waals surface area contributed by atoms with Gasteiger partial charge in [-0.3, -0.25) is 4.79 Å². The molecule has 3 N–H and O–H groups in total. The van der Waals surface area contributed by atoms with Gasteiger partial charge in [-0.2, -0.15) is 0 Å². The fourth-order valence-corrected chi connectivity index (χ4v) is 5.28. The Balaban J connectivity index is 2.01. The molecule has 1 aromatic carbocycles. The van der Waals surface area contributed by atoms with Gasteiger partial charge in [0, 0.05) is 4.88 Å². The molecule has 9 heteroatoms. The Bertz CT molecular complexity index is 927. The largest absolute Gasteiger partial charge is 0.573 e. The number of nitrogens with two attached hydrogens (primary N) is 1. The SMILES string of the molecule is CC(C)c1cc(F)cc(C2CC2)c1CC(=O)N(c1sc(C(C)(C)O)cc1F)[S+](N)[O-]. The lowest BCUT2D eigenvalue weighted by Gasteiger charge is -2.22. The van der Waals surface area contributed by atoms with E-state index in [2.05, 4.69) is 0 Å². The van der Waals surface area contributed by atoms with Crippen molar-refractivity contribution in [2.75, 3.05) is 4.31 Å². The number of hydrogen-bond acceptors (Lipinski definition) is 5. The Kier molecular flexibility index (Phi) is 6.60. The van der Waals surface area contributed by atoms with Crippen molar-refractivity contribution in [3.63, 3.8) is 0 Å². The molecule has 1 fully saturated rings. The number of amides is 1. The first kappa shape index (κ1) is 23.1. The first-order chi connectivity index (χ1) is 13.9. The number of carbonyl (C=O) groups is 1. The van der Waals surface area contributed by atoms with Gasteiger partial charge in [-0.15, -0.1) is 16.5 Å². The lowest BCUT2D eigenvalue weighted by molar-refractivity contribution is -0.116. The topological polar surface area (TPSA) is 89.6 Å². The van der Waals surface area contributed by atoms with Crippen molar-refractivity contribution < 1.29 is 23.2 Å². The number of aliphatic hydroxyl groups is 1. The van der Waals surface area contributed by atoms with E-state index in [9.17, 15) is 23.2 Å². The lowest BCUT2D eigenvalue weighted by atomic mass is 9.89. The van der Waals surface area contributed by atoms with Crippen LogP contribution in [0.15, 0.2) is 18.2 Å². The van der Waals surface area contributed by atoms with Crippen LogP contribution < -0.4 is 9.44 Å². The number of anilines is 1. The van der Waals surface area contributed by atoms with E-state index in [1.165, 1.54) is 26.0 Å². The summed E-state index contributed by atoms with van der Waals surface area (Å²) in [6, 6.07) is 3.98. The van der Waals surface area contributed by atoms with E-state index in [0.717, 1.165) is 40.1 Å². The van der Waals surface area contributed by atoms with Gasteiger partial charge in [0.25, 0.3) is 5.91 Å². The third-order valence-electron chi connectivity index (χ3n) is 5.11. The Labute approximate surface area is 182 Å². The van der Waals surface area contributed by atoms with E-state index in [1.54, 1.807) is 0 Å². The summed E-state index contributed by atoms with van der Waals surface area (Å²) >= 11 is -1.48. The molecule has 1 heterocycles. The minimum atomic E-state index is -2.31. The number of halogens is 2. The first-order valence-corrected chi connectivity index (χ1v) is 11.7. The van der Waals surface area contributed by atoms with E-state index in [-0.39, 0.29) is 34.0 Å². The minimum Gasteiger partial charge on any atom is -0.573 e. The second kappa shape index (κ2) is 8.55. The van der Waals surface area contributed by atoms with Gasteiger partial charge in [-0.1, -0.05) is 18.2 Å². The zero-order valence-electron chi connectivity index (χ0n) is 17.4. The lowest BCUT2D eigenvalue weighted by Crippen LogP contribution is -2.42. The molecule has 1 aliphatic carbocycles. The molecule has 5 nitrogen and oxygen atoms in total. The van der Waals surface area contributed by atoms with Crippen LogP contribution in [0.2, 0.25) is 0 Å². The van der Waals surface area contributed by atoms with E-state index in [4.69, 9.17) is 5.14 Å². The van der Waals surface area contributed by atoms with Crippen molar-refractivity contribution in [1.29, 1.82) is 0 Å². The number of thiophene rings is 1. The summed E-state index contributed by atoms with van der Waals surface area (Å²) in [5.74, 6) is -1.62. The highest BCUT2D eigenvalue weighted by molar-refractivity contribution is 7.91. The summed E-state index contributed by atoms with van der Waals surface area (Å²) in [6.07, 6.45) is 1.67. The molecule has 1 atom stereocenters. The Hall–Kier alpha value is -1.52. The van der Waals surface area contributed by atoms with Crippen LogP contribution in [-0.4, -0.2) is 15.6 Å². The predicted octanol–water partition coefficient (Wildman–Crippen LogP) is 4.37. The van der Waals surface area contributed by atoms with Crippen LogP contribution in [0.4, 0.5) is 13.8 Å². The van der Waals surface area contributed by atoms with Crippen molar-refractivity contribution >= 4 is 33.8 Å². The summed E-state index contributed by atoms with van der Waals surface area (Å²) in [5.41, 5.74) is 0.847. The summed E-state index contributed by atoms with van der Waals surface area (Å²) in [7, 11) is 0. The third-order valence-corrected chi connectivity index (χ3v) is 7.38. The number of hydrogen-bond donors (Lipinski definition) is 2. The van der Waals surface area contributed by atoms with Gasteiger partial charge in [0.1, 0.15) is 5.82 Å². The zero-order valence-corrected chi connectivity index (χ0v) is 19.0. The third kappa shape index (κ3) is 4.86. The molecule has 1 saturated carbocycles. The first-order valence-electron chi connectivity index (χ1n) is 9.73. The predicted molar refractivity (Wildman–Crippen MR) is 116 cm³/mol. The fourth-order valence-electron chi connectivity index (χ4n) is 3.48. The van der Waals surface area contributed by atoms with E-state index < -0.39 is 28.9 Å². The average Bonchev–Trinajstić information content (AvgIpc) is 3.38. The zero-order chi connectivity index (χ0) is 22.4. The Morgan fingerprint density at radius 3 is 2.47 bits per heavy atom. The second-order valence-corrected chi connectivity index (χ2v) is 10.4. The number of nitrogens with zero attached hydrogens (tertiary/aromatic N) is 1. The molecule has 1 unspecified atom stereocenters. The van der Waals surface area contributed by atoms with Gasteiger partial charge in [-0.05, 0) is 73.4 Å². The molecule has 0 aliphatic heterocycles. The highest BCUT2D eigenvalue weighted by atomic mass is 32.2. The normalized spacial score (nSPS) is 15.5. The smallest absolute Gasteiger partial charge is 0.277 e. The van der Waals surface area contributed by atoms with E-state index in [0.29, 0.717) is 11.1 Å². The van der Waals surface area contributed by atoms with Crippen molar-refractivity contribution in [2.45, 2.75) is 64.4 Å². The highest BCUT2D eigenvalue weighted by Gasteiger charge is 2.36. The fraction of sp³-hybridized carbons (Fsp3) is 0.476. The summed E-state index contributed by atoms with van der Waals surface area (Å²) in [4.78, 5) is 13.4. The maximum absolute atomic E-state index is 14.6.